The van der Waals surface area contributed by atoms with Crippen molar-refractivity contribution in [3.8, 4) is 23.4 Å². The minimum Gasteiger partial charge on any atom is -0.345 e. The third kappa shape index (κ3) is 4.79. The van der Waals surface area contributed by atoms with Gasteiger partial charge in [0.2, 0.25) is 16.0 Å². The van der Waals surface area contributed by atoms with Crippen LogP contribution in [0.5, 0.6) is 0 Å². The van der Waals surface area contributed by atoms with E-state index in [1.807, 2.05) is 16.5 Å². The molecule has 7 rings (SSSR count). The molecule has 3 aliphatic rings. The van der Waals surface area contributed by atoms with E-state index in [-0.39, 0.29) is 23.1 Å². The summed E-state index contributed by atoms with van der Waals surface area (Å²) in [6.45, 7) is 7.17. The van der Waals surface area contributed by atoms with Gasteiger partial charge in [-0.15, -0.1) is 5.10 Å². The van der Waals surface area contributed by atoms with Crippen molar-refractivity contribution < 1.29 is 9.18 Å². The number of nitriles is 2. The molecule has 43 heavy (non-hydrogen) atoms. The minimum atomic E-state index is -0.338. The van der Waals surface area contributed by atoms with Crippen LogP contribution in [0.2, 0.25) is 0 Å². The summed E-state index contributed by atoms with van der Waals surface area (Å²) in [7, 11) is 1.91. The number of anilines is 3. The highest BCUT2D eigenvalue weighted by atomic mass is 32.1. The van der Waals surface area contributed by atoms with Gasteiger partial charge in [-0.3, -0.25) is 9.69 Å². The first kappa shape index (κ1) is 27.7. The van der Waals surface area contributed by atoms with Gasteiger partial charge in [-0.2, -0.15) is 15.0 Å². The van der Waals surface area contributed by atoms with Crippen molar-refractivity contribution in [3.05, 3.63) is 40.7 Å². The molecule has 0 atom stereocenters. The van der Waals surface area contributed by atoms with E-state index in [0.717, 1.165) is 54.2 Å². The van der Waals surface area contributed by atoms with Crippen molar-refractivity contribution in [2.24, 2.45) is 11.3 Å². The summed E-state index contributed by atoms with van der Waals surface area (Å²) in [5.74, 6) is 0.581. The summed E-state index contributed by atoms with van der Waals surface area (Å²) in [4.78, 5) is 31.8. The number of nitrogens with zero attached hydrogens (tertiary/aromatic N) is 10. The van der Waals surface area contributed by atoms with Crippen LogP contribution in [0, 0.1) is 39.8 Å². The van der Waals surface area contributed by atoms with Crippen LogP contribution in [-0.2, 0) is 11.2 Å². The standard InChI is InChI=1S/C29H29FN10OS2/c1-3-21-25(36(2)26-34-24(22(11-32)42-26)19-4-6-20(30)7-5-19)40-27(33-21)43-28(35-40)39-16-29(17-39)8-9-37(15-29)14-23(41)38-12-18(10-31)13-38/h4-7,18H,3,8-9,12-17H2,1-2H3. The number of thiazole rings is 1. The maximum atomic E-state index is 13.5. The Labute approximate surface area is 256 Å². The molecule has 14 heteroatoms. The number of likely N-dealkylation sites (tertiary alicyclic amines) is 2. The molecule has 3 fully saturated rings. The maximum Gasteiger partial charge on any atom is 0.236 e. The number of benzene rings is 1. The van der Waals surface area contributed by atoms with Gasteiger partial charge in [-0.1, -0.05) is 29.6 Å². The molecule has 0 unspecified atom stereocenters. The van der Waals surface area contributed by atoms with Gasteiger partial charge >= 0.3 is 0 Å². The largest absolute Gasteiger partial charge is 0.345 e. The summed E-state index contributed by atoms with van der Waals surface area (Å²) >= 11 is 2.84. The lowest BCUT2D eigenvalue weighted by molar-refractivity contribution is -0.137. The molecule has 0 radical (unpaired) electrons. The van der Waals surface area contributed by atoms with E-state index >= 15 is 0 Å². The molecule has 1 amide bonds. The van der Waals surface area contributed by atoms with E-state index in [4.69, 9.17) is 20.3 Å². The van der Waals surface area contributed by atoms with E-state index < -0.39 is 0 Å². The van der Waals surface area contributed by atoms with Gasteiger partial charge in [0.1, 0.15) is 22.5 Å². The second-order valence-corrected chi connectivity index (χ2v) is 13.5. The van der Waals surface area contributed by atoms with Crippen molar-refractivity contribution >= 4 is 49.6 Å². The van der Waals surface area contributed by atoms with Gasteiger partial charge < -0.3 is 14.7 Å². The number of carbonyl (C=O) groups excluding carboxylic acids is 1. The third-order valence-corrected chi connectivity index (χ3v) is 10.6. The van der Waals surface area contributed by atoms with Gasteiger partial charge in [0, 0.05) is 50.7 Å². The summed E-state index contributed by atoms with van der Waals surface area (Å²) in [6, 6.07) is 10.5. The Morgan fingerprint density at radius 1 is 1.16 bits per heavy atom. The molecule has 3 saturated heterocycles. The molecular weight excluding hydrogens is 588 g/mol. The first-order chi connectivity index (χ1) is 20.8. The Hall–Kier alpha value is -4.11. The Balaban J connectivity index is 1.06. The van der Waals surface area contributed by atoms with E-state index in [0.29, 0.717) is 47.3 Å². The fourth-order valence-corrected chi connectivity index (χ4v) is 8.03. The predicted molar refractivity (Wildman–Crippen MR) is 162 cm³/mol. The molecule has 6 heterocycles. The highest BCUT2D eigenvalue weighted by Crippen LogP contribution is 2.44. The number of fused-ring (bicyclic) bond motifs is 1. The van der Waals surface area contributed by atoms with Crippen LogP contribution in [0.1, 0.15) is 23.9 Å². The molecule has 1 aromatic carbocycles. The van der Waals surface area contributed by atoms with Gasteiger partial charge in [0.15, 0.2) is 10.9 Å². The smallest absolute Gasteiger partial charge is 0.236 e. The van der Waals surface area contributed by atoms with E-state index in [1.165, 1.54) is 23.5 Å². The zero-order chi connectivity index (χ0) is 29.9. The van der Waals surface area contributed by atoms with Crippen molar-refractivity contribution in [2.45, 2.75) is 19.8 Å². The van der Waals surface area contributed by atoms with Crippen molar-refractivity contribution in [1.29, 1.82) is 10.5 Å². The number of halogens is 1. The molecule has 4 aromatic rings. The normalized spacial score (nSPS) is 18.1. The molecule has 11 nitrogen and oxygen atoms in total. The number of rotatable bonds is 7. The Morgan fingerprint density at radius 3 is 2.63 bits per heavy atom. The van der Waals surface area contributed by atoms with Crippen molar-refractivity contribution in [3.63, 3.8) is 0 Å². The molecule has 220 valence electrons. The topological polar surface area (TPSA) is 121 Å². The lowest BCUT2D eigenvalue weighted by Crippen LogP contribution is -2.58. The summed E-state index contributed by atoms with van der Waals surface area (Å²) in [5.41, 5.74) is 2.28. The molecule has 1 spiro atoms. The molecule has 0 bridgehead atoms. The summed E-state index contributed by atoms with van der Waals surface area (Å²) in [6.07, 6.45) is 1.76. The number of aromatic nitrogens is 4. The Kier molecular flexibility index (Phi) is 6.80. The molecule has 3 aliphatic heterocycles. The average molecular weight is 617 g/mol. The van der Waals surface area contributed by atoms with Gasteiger partial charge in [-0.05, 0) is 43.7 Å². The second-order valence-electron chi connectivity index (χ2n) is 11.6. The fourth-order valence-electron chi connectivity index (χ4n) is 6.27. The first-order valence-electron chi connectivity index (χ1n) is 14.2. The highest BCUT2D eigenvalue weighted by molar-refractivity contribution is 7.20. The number of aryl methyl sites for hydroxylation is 1. The number of amides is 1. The first-order valence-corrected chi connectivity index (χ1v) is 15.9. The quantitative estimate of drug-likeness (QED) is 0.306. The monoisotopic (exact) mass is 616 g/mol. The fraction of sp³-hybridized carbons (Fsp3) is 0.448. The van der Waals surface area contributed by atoms with E-state index in [2.05, 4.69) is 28.9 Å². The minimum absolute atomic E-state index is 0.0161. The van der Waals surface area contributed by atoms with Gasteiger partial charge in [0.05, 0.1) is 24.2 Å². The average Bonchev–Trinajstić information content (AvgIpc) is 3.73. The molecule has 3 aromatic heterocycles. The molecular formula is C29H29FN10OS2. The van der Waals surface area contributed by atoms with E-state index in [1.54, 1.807) is 28.4 Å². The Bertz CT molecular complexity index is 1790. The number of hydrogen-bond donors (Lipinski definition) is 0. The van der Waals surface area contributed by atoms with Crippen LogP contribution >= 0.6 is 22.7 Å². The Morgan fingerprint density at radius 2 is 1.93 bits per heavy atom. The van der Waals surface area contributed by atoms with Gasteiger partial charge in [0.25, 0.3) is 0 Å². The maximum absolute atomic E-state index is 13.5. The number of carbonyl (C=O) groups is 1. The van der Waals surface area contributed by atoms with Crippen LogP contribution < -0.4 is 9.80 Å². The molecule has 0 aliphatic carbocycles. The van der Waals surface area contributed by atoms with Crippen molar-refractivity contribution in [2.75, 3.05) is 62.7 Å². The summed E-state index contributed by atoms with van der Waals surface area (Å²) < 4.78 is 15.4. The van der Waals surface area contributed by atoms with Crippen molar-refractivity contribution in [1.82, 2.24) is 29.4 Å². The molecule has 0 saturated carbocycles. The zero-order valence-corrected chi connectivity index (χ0v) is 25.5. The predicted octanol–water partition coefficient (Wildman–Crippen LogP) is 3.75. The van der Waals surface area contributed by atoms with E-state index in [9.17, 15) is 14.4 Å². The number of hydrogen-bond acceptors (Lipinski definition) is 11. The van der Waals surface area contributed by atoms with Gasteiger partial charge in [-0.25, -0.2) is 14.4 Å². The molecule has 0 N–H and O–H groups in total. The highest BCUT2D eigenvalue weighted by Gasteiger charge is 2.49. The SMILES string of the molecule is CCc1nc2sc(N3CC4(CCN(CC(=O)N5CC(C#N)C5)C4)C3)nn2c1N(C)c1nc(-c2ccc(F)cc2)c(C#N)s1. The third-order valence-electron chi connectivity index (χ3n) is 8.63. The lowest BCUT2D eigenvalue weighted by atomic mass is 9.79. The second kappa shape index (κ2) is 10.6. The van der Waals surface area contributed by atoms with Crippen LogP contribution in [0.4, 0.5) is 20.5 Å². The van der Waals surface area contributed by atoms with Crippen LogP contribution in [0.15, 0.2) is 24.3 Å². The van der Waals surface area contributed by atoms with Crippen LogP contribution in [-0.4, -0.2) is 88.2 Å². The van der Waals surface area contributed by atoms with Crippen LogP contribution in [0.25, 0.3) is 16.2 Å². The number of imidazole rings is 1. The van der Waals surface area contributed by atoms with Crippen LogP contribution in [0.3, 0.4) is 0 Å². The zero-order valence-electron chi connectivity index (χ0n) is 23.8. The summed E-state index contributed by atoms with van der Waals surface area (Å²) in [5, 5.41) is 25.3. The lowest BCUT2D eigenvalue weighted by Gasteiger charge is -2.48.